The Balaban J connectivity index is 2.20. The van der Waals surface area contributed by atoms with Crippen LogP contribution in [0.3, 0.4) is 0 Å². The van der Waals surface area contributed by atoms with Crippen molar-refractivity contribution in [2.75, 3.05) is 31.6 Å². The predicted octanol–water partition coefficient (Wildman–Crippen LogP) is 2.85. The van der Waals surface area contributed by atoms with E-state index in [-0.39, 0.29) is 0 Å². The minimum atomic E-state index is 0.579. The fourth-order valence-electron chi connectivity index (χ4n) is 2.49. The molecule has 0 spiro atoms. The van der Waals surface area contributed by atoms with E-state index in [9.17, 15) is 0 Å². The second kappa shape index (κ2) is 5.81. The second-order valence-electron chi connectivity index (χ2n) is 4.76. The molecule has 1 heterocycles. The van der Waals surface area contributed by atoms with E-state index in [1.807, 2.05) is 13.0 Å². The fourth-order valence-corrected chi connectivity index (χ4v) is 2.65. The van der Waals surface area contributed by atoms with Crippen molar-refractivity contribution in [1.29, 1.82) is 0 Å². The molecule has 100 valence electrons. The van der Waals surface area contributed by atoms with Gasteiger partial charge in [0.05, 0.1) is 12.8 Å². The molecule has 0 radical (unpaired) electrons. The fraction of sp³-hybridized carbons (Fsp3) is 0.571. The number of hydrogen-bond donors (Lipinski definition) is 1. The SMILES string of the molecule is CCNC1CCN(c2cc(C)c(Cl)cc2OC)C1. The molecule has 1 unspecified atom stereocenters. The average Bonchev–Trinajstić information content (AvgIpc) is 2.81. The van der Waals surface area contributed by atoms with Crippen LogP contribution in [0.1, 0.15) is 18.9 Å². The Labute approximate surface area is 114 Å². The normalized spacial score (nSPS) is 19.3. The highest BCUT2D eigenvalue weighted by Crippen LogP contribution is 2.35. The van der Waals surface area contributed by atoms with Crippen LogP contribution in [0.2, 0.25) is 5.02 Å². The molecule has 1 atom stereocenters. The van der Waals surface area contributed by atoms with Gasteiger partial charge in [-0.1, -0.05) is 18.5 Å². The van der Waals surface area contributed by atoms with Crippen LogP contribution in [-0.4, -0.2) is 32.8 Å². The number of rotatable bonds is 4. The Morgan fingerprint density at radius 2 is 2.28 bits per heavy atom. The van der Waals surface area contributed by atoms with Crippen molar-refractivity contribution >= 4 is 17.3 Å². The maximum Gasteiger partial charge on any atom is 0.143 e. The molecular weight excluding hydrogens is 248 g/mol. The molecule has 0 bridgehead atoms. The molecule has 1 aromatic carbocycles. The third-order valence-corrected chi connectivity index (χ3v) is 3.89. The lowest BCUT2D eigenvalue weighted by Crippen LogP contribution is -2.32. The Bertz CT molecular complexity index is 423. The number of nitrogens with one attached hydrogen (secondary N) is 1. The number of halogens is 1. The summed E-state index contributed by atoms with van der Waals surface area (Å²) in [7, 11) is 1.70. The van der Waals surface area contributed by atoms with Crippen LogP contribution in [0.5, 0.6) is 5.75 Å². The van der Waals surface area contributed by atoms with Gasteiger partial charge in [0.2, 0.25) is 0 Å². The molecule has 1 aliphatic rings. The van der Waals surface area contributed by atoms with Crippen molar-refractivity contribution in [1.82, 2.24) is 5.32 Å². The van der Waals surface area contributed by atoms with Gasteiger partial charge in [0.15, 0.2) is 0 Å². The maximum absolute atomic E-state index is 6.14. The summed E-state index contributed by atoms with van der Waals surface area (Å²) in [5, 5.41) is 4.26. The lowest BCUT2D eigenvalue weighted by Gasteiger charge is -2.22. The Morgan fingerprint density at radius 1 is 1.50 bits per heavy atom. The molecule has 0 saturated carbocycles. The summed E-state index contributed by atoms with van der Waals surface area (Å²) in [6, 6.07) is 4.61. The Hall–Kier alpha value is -0.930. The minimum absolute atomic E-state index is 0.579. The molecule has 1 aromatic rings. The van der Waals surface area contributed by atoms with Gasteiger partial charge in [0.25, 0.3) is 0 Å². The molecule has 3 nitrogen and oxygen atoms in total. The average molecular weight is 269 g/mol. The van der Waals surface area contributed by atoms with Crippen LogP contribution in [0, 0.1) is 6.92 Å². The summed E-state index contributed by atoms with van der Waals surface area (Å²) in [5.41, 5.74) is 2.25. The molecule has 0 amide bonds. The summed E-state index contributed by atoms with van der Waals surface area (Å²) in [4.78, 5) is 2.37. The van der Waals surface area contributed by atoms with Crippen LogP contribution in [0.15, 0.2) is 12.1 Å². The molecule has 1 fully saturated rings. The molecule has 1 aliphatic heterocycles. The van der Waals surface area contributed by atoms with Crippen LogP contribution in [0.25, 0.3) is 0 Å². The number of methoxy groups -OCH3 is 1. The van der Waals surface area contributed by atoms with Gasteiger partial charge in [-0.15, -0.1) is 0 Å². The second-order valence-corrected chi connectivity index (χ2v) is 5.17. The maximum atomic E-state index is 6.14. The zero-order valence-electron chi connectivity index (χ0n) is 11.3. The first kappa shape index (κ1) is 13.5. The monoisotopic (exact) mass is 268 g/mol. The van der Waals surface area contributed by atoms with Gasteiger partial charge in [-0.3, -0.25) is 0 Å². The highest BCUT2D eigenvalue weighted by Gasteiger charge is 2.24. The number of hydrogen-bond acceptors (Lipinski definition) is 3. The van der Waals surface area contributed by atoms with Crippen LogP contribution in [0.4, 0.5) is 5.69 Å². The quantitative estimate of drug-likeness (QED) is 0.909. The van der Waals surface area contributed by atoms with Crippen LogP contribution >= 0.6 is 11.6 Å². The highest BCUT2D eigenvalue weighted by molar-refractivity contribution is 6.31. The van der Waals surface area contributed by atoms with Gasteiger partial charge in [0.1, 0.15) is 5.75 Å². The lowest BCUT2D eigenvalue weighted by atomic mass is 10.2. The van der Waals surface area contributed by atoms with E-state index >= 15 is 0 Å². The predicted molar refractivity (Wildman–Crippen MR) is 77.0 cm³/mol. The largest absolute Gasteiger partial charge is 0.495 e. The molecule has 1 saturated heterocycles. The van der Waals surface area contributed by atoms with Gasteiger partial charge in [-0.2, -0.15) is 0 Å². The molecule has 4 heteroatoms. The zero-order chi connectivity index (χ0) is 13.1. The first-order valence-corrected chi connectivity index (χ1v) is 6.86. The molecule has 18 heavy (non-hydrogen) atoms. The highest BCUT2D eigenvalue weighted by atomic mass is 35.5. The minimum Gasteiger partial charge on any atom is -0.495 e. The molecule has 0 aromatic heterocycles. The number of ether oxygens (including phenoxy) is 1. The van der Waals surface area contributed by atoms with Gasteiger partial charge in [-0.05, 0) is 31.5 Å². The van der Waals surface area contributed by atoms with E-state index in [1.165, 1.54) is 6.42 Å². The van der Waals surface area contributed by atoms with Gasteiger partial charge < -0.3 is 15.0 Å². The van der Waals surface area contributed by atoms with E-state index in [1.54, 1.807) is 7.11 Å². The summed E-state index contributed by atoms with van der Waals surface area (Å²) in [6.07, 6.45) is 1.18. The standard InChI is InChI=1S/C14H21ClN2O/c1-4-16-11-5-6-17(9-11)13-7-10(2)12(15)8-14(13)18-3/h7-8,11,16H,4-6,9H2,1-3H3. The Morgan fingerprint density at radius 3 is 2.94 bits per heavy atom. The van der Waals surface area contributed by atoms with Gasteiger partial charge in [0, 0.05) is 30.2 Å². The summed E-state index contributed by atoms with van der Waals surface area (Å²) < 4.78 is 5.44. The van der Waals surface area contributed by atoms with Crippen LogP contribution in [-0.2, 0) is 0 Å². The molecule has 2 rings (SSSR count). The third-order valence-electron chi connectivity index (χ3n) is 3.48. The first-order valence-electron chi connectivity index (χ1n) is 6.48. The molecule has 1 N–H and O–H groups in total. The van der Waals surface area contributed by atoms with E-state index in [2.05, 4.69) is 23.2 Å². The number of aryl methyl sites for hydroxylation is 1. The van der Waals surface area contributed by atoms with Crippen LogP contribution < -0.4 is 15.0 Å². The van der Waals surface area contributed by atoms with Gasteiger partial charge in [-0.25, -0.2) is 0 Å². The number of anilines is 1. The van der Waals surface area contributed by atoms with Crippen molar-refractivity contribution in [2.24, 2.45) is 0 Å². The molecular formula is C14H21ClN2O. The van der Waals surface area contributed by atoms with Crippen molar-refractivity contribution < 1.29 is 4.74 Å². The Kier molecular flexibility index (Phi) is 4.36. The lowest BCUT2D eigenvalue weighted by molar-refractivity contribution is 0.414. The third kappa shape index (κ3) is 2.73. The number of nitrogens with zero attached hydrogens (tertiary/aromatic N) is 1. The molecule has 0 aliphatic carbocycles. The van der Waals surface area contributed by atoms with E-state index in [0.717, 1.165) is 41.7 Å². The zero-order valence-corrected chi connectivity index (χ0v) is 12.0. The van der Waals surface area contributed by atoms with E-state index < -0.39 is 0 Å². The van der Waals surface area contributed by atoms with Crippen molar-refractivity contribution in [3.8, 4) is 5.75 Å². The topological polar surface area (TPSA) is 24.5 Å². The van der Waals surface area contributed by atoms with E-state index in [0.29, 0.717) is 6.04 Å². The summed E-state index contributed by atoms with van der Waals surface area (Å²) in [6.45, 7) is 7.30. The summed E-state index contributed by atoms with van der Waals surface area (Å²) >= 11 is 6.14. The van der Waals surface area contributed by atoms with Crippen molar-refractivity contribution in [3.63, 3.8) is 0 Å². The van der Waals surface area contributed by atoms with Crippen molar-refractivity contribution in [2.45, 2.75) is 26.3 Å². The summed E-state index contributed by atoms with van der Waals surface area (Å²) in [5.74, 6) is 0.864. The van der Waals surface area contributed by atoms with Gasteiger partial charge >= 0.3 is 0 Å². The first-order chi connectivity index (χ1) is 8.65. The number of benzene rings is 1. The van der Waals surface area contributed by atoms with Crippen molar-refractivity contribution in [3.05, 3.63) is 22.7 Å². The smallest absolute Gasteiger partial charge is 0.143 e. The number of likely N-dealkylation sites (N-methyl/N-ethyl adjacent to an activating group) is 1. The van der Waals surface area contributed by atoms with E-state index in [4.69, 9.17) is 16.3 Å².